The molecule has 0 saturated heterocycles. The molecule has 0 bridgehead atoms. The van der Waals surface area contributed by atoms with E-state index in [2.05, 4.69) is 11.1 Å². The number of aliphatic hydroxyl groups excluding tert-OH is 1. The first-order valence-corrected chi connectivity index (χ1v) is 6.06. The molecule has 1 aromatic carbocycles. The summed E-state index contributed by atoms with van der Waals surface area (Å²) in [6, 6.07) is 8.18. The van der Waals surface area contributed by atoms with E-state index in [1.165, 1.54) is 0 Å². The van der Waals surface area contributed by atoms with Gasteiger partial charge < -0.3 is 9.84 Å². The van der Waals surface area contributed by atoms with Crippen LogP contribution < -0.4 is 4.74 Å². The summed E-state index contributed by atoms with van der Waals surface area (Å²) in [5.74, 6) is 0. The molecule has 1 N–H and O–H groups in total. The number of aryl methyl sites for hydroxylation is 1. The maximum absolute atomic E-state index is 9.68. The molecule has 0 radical (unpaired) electrons. The Bertz CT molecular complexity index is 670. The molecule has 0 fully saturated rings. The first-order chi connectivity index (χ1) is 9.19. The fourth-order valence-electron chi connectivity index (χ4n) is 2.32. The van der Waals surface area contributed by atoms with Crippen LogP contribution in [0.2, 0.25) is 0 Å². The molecule has 2 heterocycles. The molecule has 1 atom stereocenters. The number of hydrogen-bond donors (Lipinski definition) is 1. The van der Waals surface area contributed by atoms with Crippen LogP contribution in [0.3, 0.4) is 0 Å². The highest BCUT2D eigenvalue weighted by Gasteiger charge is 2.22. The highest BCUT2D eigenvalue weighted by Crippen LogP contribution is 2.29. The molecule has 0 amide bonds. The molecular formula is C14H13N3O2. The first kappa shape index (κ1) is 11.8. The second-order valence-corrected chi connectivity index (χ2v) is 4.64. The number of ether oxygens (including phenoxy) is 1. The number of nitrogens with zero attached hydrogens (tertiary/aromatic N) is 3. The average Bonchev–Trinajstić information content (AvgIpc) is 2.81. The van der Waals surface area contributed by atoms with Gasteiger partial charge in [-0.2, -0.15) is 5.26 Å². The Kier molecular flexibility index (Phi) is 2.73. The van der Waals surface area contributed by atoms with E-state index in [1.807, 2.05) is 23.6 Å². The smallest absolute Gasteiger partial charge is 0.296 e. The fraction of sp³-hybridized carbons (Fsp3) is 0.286. The minimum Gasteiger partial charge on any atom is -0.462 e. The predicted molar refractivity (Wildman–Crippen MR) is 68.6 cm³/mol. The lowest BCUT2D eigenvalue weighted by molar-refractivity contribution is 0.0586. The molecule has 0 saturated carbocycles. The number of nitriles is 1. The van der Waals surface area contributed by atoms with Gasteiger partial charge in [0.1, 0.15) is 12.7 Å². The van der Waals surface area contributed by atoms with Gasteiger partial charge in [0, 0.05) is 5.56 Å². The fourth-order valence-corrected chi connectivity index (χ4v) is 2.32. The monoisotopic (exact) mass is 255 g/mol. The Labute approximate surface area is 110 Å². The van der Waals surface area contributed by atoms with Crippen molar-refractivity contribution in [1.82, 2.24) is 9.55 Å². The Morgan fingerprint density at radius 1 is 1.53 bits per heavy atom. The minimum atomic E-state index is -0.515. The van der Waals surface area contributed by atoms with E-state index in [-0.39, 0.29) is 6.61 Å². The number of aliphatic hydroxyl groups is 1. The van der Waals surface area contributed by atoms with Crippen LogP contribution >= 0.6 is 0 Å². The van der Waals surface area contributed by atoms with Gasteiger partial charge in [-0.05, 0) is 24.6 Å². The van der Waals surface area contributed by atoms with Crippen molar-refractivity contribution in [3.8, 4) is 23.3 Å². The number of rotatable bonds is 1. The topological polar surface area (TPSA) is 71.1 Å². The van der Waals surface area contributed by atoms with Crippen LogP contribution in [0.15, 0.2) is 24.4 Å². The molecule has 1 aromatic heterocycles. The molecule has 5 nitrogen and oxygen atoms in total. The van der Waals surface area contributed by atoms with Crippen molar-refractivity contribution in [3.63, 3.8) is 0 Å². The molecule has 0 spiro atoms. The van der Waals surface area contributed by atoms with Crippen molar-refractivity contribution in [3.05, 3.63) is 35.5 Å². The zero-order valence-corrected chi connectivity index (χ0v) is 10.5. The highest BCUT2D eigenvalue weighted by molar-refractivity contribution is 5.65. The molecule has 3 rings (SSSR count). The van der Waals surface area contributed by atoms with Gasteiger partial charge in [0.25, 0.3) is 6.01 Å². The number of aromatic nitrogens is 2. The van der Waals surface area contributed by atoms with Gasteiger partial charge in [-0.15, -0.1) is 0 Å². The largest absolute Gasteiger partial charge is 0.462 e. The van der Waals surface area contributed by atoms with Crippen molar-refractivity contribution >= 4 is 0 Å². The molecule has 5 heteroatoms. The highest BCUT2D eigenvalue weighted by atomic mass is 16.5. The van der Waals surface area contributed by atoms with Gasteiger partial charge in [-0.3, -0.25) is 4.57 Å². The van der Waals surface area contributed by atoms with Gasteiger partial charge in [-0.25, -0.2) is 4.98 Å². The third-order valence-corrected chi connectivity index (χ3v) is 3.25. The van der Waals surface area contributed by atoms with Crippen molar-refractivity contribution < 1.29 is 9.84 Å². The molecular weight excluding hydrogens is 242 g/mol. The lowest BCUT2D eigenvalue weighted by Crippen LogP contribution is -2.30. The number of benzene rings is 1. The first-order valence-electron chi connectivity index (χ1n) is 6.06. The average molecular weight is 255 g/mol. The second kappa shape index (κ2) is 4.41. The van der Waals surface area contributed by atoms with E-state index in [4.69, 9.17) is 10.00 Å². The summed E-state index contributed by atoms with van der Waals surface area (Å²) in [6.45, 7) is 2.71. The Morgan fingerprint density at radius 2 is 2.37 bits per heavy atom. The van der Waals surface area contributed by atoms with Crippen LogP contribution in [0.1, 0.15) is 11.1 Å². The predicted octanol–water partition coefficient (Wildman–Crippen LogP) is 1.48. The van der Waals surface area contributed by atoms with Crippen LogP contribution in [0.5, 0.6) is 6.01 Å². The van der Waals surface area contributed by atoms with E-state index in [0.29, 0.717) is 18.1 Å². The summed E-state index contributed by atoms with van der Waals surface area (Å²) < 4.78 is 7.24. The maximum Gasteiger partial charge on any atom is 0.296 e. The van der Waals surface area contributed by atoms with Gasteiger partial charge in [0.2, 0.25) is 0 Å². The molecule has 1 aliphatic heterocycles. The van der Waals surface area contributed by atoms with Gasteiger partial charge in [0.05, 0.1) is 30.1 Å². The van der Waals surface area contributed by atoms with Gasteiger partial charge >= 0.3 is 0 Å². The molecule has 96 valence electrons. The third kappa shape index (κ3) is 1.96. The number of imidazole rings is 1. The normalized spacial score (nSPS) is 17.4. The second-order valence-electron chi connectivity index (χ2n) is 4.64. The summed E-state index contributed by atoms with van der Waals surface area (Å²) in [4.78, 5) is 4.22. The van der Waals surface area contributed by atoms with E-state index in [9.17, 15) is 5.11 Å². The zero-order valence-electron chi connectivity index (χ0n) is 10.5. The van der Waals surface area contributed by atoms with Crippen molar-refractivity contribution in [2.75, 3.05) is 6.61 Å². The quantitative estimate of drug-likeness (QED) is 0.838. The molecule has 1 aliphatic rings. The Hall–Kier alpha value is -2.32. The summed E-state index contributed by atoms with van der Waals surface area (Å²) >= 11 is 0. The van der Waals surface area contributed by atoms with Crippen molar-refractivity contribution in [1.29, 1.82) is 5.26 Å². The maximum atomic E-state index is 9.68. The summed E-state index contributed by atoms with van der Waals surface area (Å²) in [5, 5.41) is 18.6. The molecule has 19 heavy (non-hydrogen) atoms. The Balaban J connectivity index is 2.09. The number of hydrogen-bond acceptors (Lipinski definition) is 4. The summed E-state index contributed by atoms with van der Waals surface area (Å²) in [5.41, 5.74) is 3.53. The number of fused-ring (bicyclic) bond motifs is 1. The van der Waals surface area contributed by atoms with E-state index in [1.54, 1.807) is 12.3 Å². The van der Waals surface area contributed by atoms with Crippen LogP contribution in [-0.4, -0.2) is 27.4 Å². The zero-order chi connectivity index (χ0) is 13.4. The van der Waals surface area contributed by atoms with Crippen LogP contribution in [0, 0.1) is 18.3 Å². The van der Waals surface area contributed by atoms with Gasteiger partial charge in [-0.1, -0.05) is 6.07 Å². The van der Waals surface area contributed by atoms with Crippen LogP contribution in [0.25, 0.3) is 11.3 Å². The molecule has 2 aromatic rings. The van der Waals surface area contributed by atoms with Gasteiger partial charge in [0.15, 0.2) is 0 Å². The summed E-state index contributed by atoms with van der Waals surface area (Å²) in [7, 11) is 0. The molecule has 0 aliphatic carbocycles. The van der Waals surface area contributed by atoms with E-state index in [0.717, 1.165) is 16.8 Å². The van der Waals surface area contributed by atoms with E-state index < -0.39 is 6.10 Å². The lowest BCUT2D eigenvalue weighted by Gasteiger charge is -2.22. The van der Waals surface area contributed by atoms with Crippen molar-refractivity contribution in [2.24, 2.45) is 0 Å². The lowest BCUT2D eigenvalue weighted by atomic mass is 10.0. The SMILES string of the molecule is Cc1cc(C#N)ccc1-c1cnc2n1CC(O)CO2. The van der Waals surface area contributed by atoms with Crippen LogP contribution in [-0.2, 0) is 6.54 Å². The standard InChI is InChI=1S/C14H13N3O2/c1-9-4-10(5-15)2-3-12(9)13-6-16-14-17(13)7-11(18)8-19-14/h2-4,6,11,18H,7-8H2,1H3. The summed E-state index contributed by atoms with van der Waals surface area (Å²) in [6.07, 6.45) is 1.22. The van der Waals surface area contributed by atoms with Crippen molar-refractivity contribution in [2.45, 2.75) is 19.6 Å². The molecule has 1 unspecified atom stereocenters. The van der Waals surface area contributed by atoms with Crippen LogP contribution in [0.4, 0.5) is 0 Å². The van der Waals surface area contributed by atoms with E-state index >= 15 is 0 Å². The third-order valence-electron chi connectivity index (χ3n) is 3.25. The Morgan fingerprint density at radius 3 is 3.11 bits per heavy atom. The minimum absolute atomic E-state index is 0.281.